The van der Waals surface area contributed by atoms with Crippen LogP contribution in [0.3, 0.4) is 0 Å². The molecule has 14 heavy (non-hydrogen) atoms. The number of pyridine rings is 1. The lowest BCUT2D eigenvalue weighted by atomic mass is 9.82. The maximum atomic E-state index is 4.45. The summed E-state index contributed by atoms with van der Waals surface area (Å²) in [6.07, 6.45) is 3.02. The molecule has 0 atom stereocenters. The Morgan fingerprint density at radius 3 is 2.86 bits per heavy atom. The van der Waals surface area contributed by atoms with Crippen LogP contribution in [0.2, 0.25) is 0 Å². The third-order valence-electron chi connectivity index (χ3n) is 2.79. The third kappa shape index (κ3) is 1.67. The van der Waals surface area contributed by atoms with Gasteiger partial charge < -0.3 is 5.32 Å². The number of nitrogens with one attached hydrogen (secondary N) is 1. The predicted molar refractivity (Wildman–Crippen MR) is 58.3 cm³/mol. The molecule has 0 saturated heterocycles. The van der Waals surface area contributed by atoms with Crippen LogP contribution in [0.25, 0.3) is 0 Å². The van der Waals surface area contributed by atoms with Crippen LogP contribution in [0, 0.1) is 0 Å². The maximum Gasteiger partial charge on any atom is 0.0464 e. The fourth-order valence-corrected chi connectivity index (χ4v) is 2.07. The van der Waals surface area contributed by atoms with Gasteiger partial charge in [-0.25, -0.2) is 0 Å². The van der Waals surface area contributed by atoms with Crippen molar-refractivity contribution in [2.75, 3.05) is 6.54 Å². The van der Waals surface area contributed by atoms with Crippen LogP contribution in [-0.4, -0.2) is 11.5 Å². The van der Waals surface area contributed by atoms with Crippen LogP contribution in [-0.2, 0) is 18.4 Å². The lowest BCUT2D eigenvalue weighted by Crippen LogP contribution is -2.28. The van der Waals surface area contributed by atoms with E-state index in [1.54, 1.807) is 0 Å². The zero-order valence-corrected chi connectivity index (χ0v) is 9.22. The summed E-state index contributed by atoms with van der Waals surface area (Å²) in [5, 5.41) is 3.41. The van der Waals surface area contributed by atoms with E-state index >= 15 is 0 Å². The van der Waals surface area contributed by atoms with E-state index in [1.165, 1.54) is 16.8 Å². The molecular formula is C12H18N2. The molecule has 0 radical (unpaired) electrons. The van der Waals surface area contributed by atoms with Crippen LogP contribution < -0.4 is 5.32 Å². The lowest BCUT2D eigenvalue weighted by Gasteiger charge is -2.27. The molecule has 2 heteroatoms. The van der Waals surface area contributed by atoms with Gasteiger partial charge in [-0.05, 0) is 22.6 Å². The molecule has 2 rings (SSSR count). The van der Waals surface area contributed by atoms with E-state index in [9.17, 15) is 0 Å². The Bertz CT molecular complexity index is 337. The molecule has 1 aliphatic heterocycles. The largest absolute Gasteiger partial charge is 0.312 e. The molecule has 0 unspecified atom stereocenters. The van der Waals surface area contributed by atoms with Crippen molar-refractivity contribution in [1.29, 1.82) is 0 Å². The van der Waals surface area contributed by atoms with Gasteiger partial charge in [-0.15, -0.1) is 0 Å². The second kappa shape index (κ2) is 3.35. The van der Waals surface area contributed by atoms with Gasteiger partial charge in [0.1, 0.15) is 0 Å². The fraction of sp³-hybridized carbons (Fsp3) is 0.583. The molecule has 1 N–H and O–H groups in total. The van der Waals surface area contributed by atoms with Crippen molar-refractivity contribution >= 4 is 0 Å². The molecule has 0 spiro atoms. The minimum Gasteiger partial charge on any atom is -0.312 e. The van der Waals surface area contributed by atoms with Gasteiger partial charge in [0.05, 0.1) is 0 Å². The van der Waals surface area contributed by atoms with Crippen molar-refractivity contribution in [2.45, 2.75) is 39.2 Å². The molecule has 2 nitrogen and oxygen atoms in total. The Morgan fingerprint density at radius 2 is 2.14 bits per heavy atom. The standard InChI is InChI=1S/C12H18N2/c1-12(2,3)10-4-7-14-11-5-6-13-8-9(10)11/h4,7,13H,5-6,8H2,1-3H3. The summed E-state index contributed by atoms with van der Waals surface area (Å²) in [6.45, 7) is 8.83. The van der Waals surface area contributed by atoms with Crippen LogP contribution in [0.15, 0.2) is 12.3 Å². The Labute approximate surface area is 85.7 Å². The average Bonchev–Trinajstić information content (AvgIpc) is 2.15. The van der Waals surface area contributed by atoms with Crippen LogP contribution in [0.4, 0.5) is 0 Å². The molecule has 0 fully saturated rings. The van der Waals surface area contributed by atoms with Crippen LogP contribution in [0.5, 0.6) is 0 Å². The molecular weight excluding hydrogens is 172 g/mol. The maximum absolute atomic E-state index is 4.45. The van der Waals surface area contributed by atoms with Crippen LogP contribution >= 0.6 is 0 Å². The summed E-state index contributed by atoms with van der Waals surface area (Å²) in [6, 6.07) is 2.16. The Balaban J connectivity index is 2.51. The van der Waals surface area contributed by atoms with Gasteiger partial charge in [0, 0.05) is 31.4 Å². The normalized spacial score (nSPS) is 16.5. The SMILES string of the molecule is CC(C)(C)c1ccnc2c1CNCC2. The van der Waals surface area contributed by atoms with Crippen LogP contribution in [0.1, 0.15) is 37.6 Å². The van der Waals surface area contributed by atoms with E-state index in [0.717, 1.165) is 19.5 Å². The molecule has 1 aliphatic rings. The quantitative estimate of drug-likeness (QED) is 0.677. The number of nitrogens with zero attached hydrogens (tertiary/aromatic N) is 1. The Kier molecular flexibility index (Phi) is 2.31. The molecule has 1 aromatic heterocycles. The highest BCUT2D eigenvalue weighted by Crippen LogP contribution is 2.28. The number of rotatable bonds is 0. The third-order valence-corrected chi connectivity index (χ3v) is 2.79. The molecule has 76 valence electrons. The first-order chi connectivity index (χ1) is 6.59. The first-order valence-corrected chi connectivity index (χ1v) is 5.27. The fourth-order valence-electron chi connectivity index (χ4n) is 2.07. The number of hydrogen-bond acceptors (Lipinski definition) is 2. The van der Waals surface area contributed by atoms with Gasteiger partial charge in [0.2, 0.25) is 0 Å². The van der Waals surface area contributed by atoms with E-state index < -0.39 is 0 Å². The summed E-state index contributed by atoms with van der Waals surface area (Å²) in [5.74, 6) is 0. The van der Waals surface area contributed by atoms with Crippen molar-refractivity contribution in [1.82, 2.24) is 10.3 Å². The number of aromatic nitrogens is 1. The molecule has 0 aliphatic carbocycles. The number of fused-ring (bicyclic) bond motifs is 1. The summed E-state index contributed by atoms with van der Waals surface area (Å²) in [4.78, 5) is 4.45. The van der Waals surface area contributed by atoms with E-state index in [4.69, 9.17) is 0 Å². The van der Waals surface area contributed by atoms with E-state index in [0.29, 0.717) is 0 Å². The topological polar surface area (TPSA) is 24.9 Å². The highest BCUT2D eigenvalue weighted by molar-refractivity contribution is 5.36. The van der Waals surface area contributed by atoms with Crippen molar-refractivity contribution in [3.05, 3.63) is 29.1 Å². The van der Waals surface area contributed by atoms with Gasteiger partial charge in [-0.3, -0.25) is 4.98 Å². The summed E-state index contributed by atoms with van der Waals surface area (Å²) in [5.41, 5.74) is 4.38. The minimum absolute atomic E-state index is 0.228. The van der Waals surface area contributed by atoms with E-state index in [2.05, 4.69) is 37.1 Å². The lowest BCUT2D eigenvalue weighted by molar-refractivity contribution is 0.553. The van der Waals surface area contributed by atoms with E-state index in [1.807, 2.05) is 6.20 Å². The molecule has 0 amide bonds. The minimum atomic E-state index is 0.228. The monoisotopic (exact) mass is 190 g/mol. The average molecular weight is 190 g/mol. The predicted octanol–water partition coefficient (Wildman–Crippen LogP) is 2.02. The molecule has 0 saturated carbocycles. The van der Waals surface area contributed by atoms with Gasteiger partial charge in [-0.2, -0.15) is 0 Å². The zero-order chi connectivity index (χ0) is 10.2. The van der Waals surface area contributed by atoms with Crippen molar-refractivity contribution in [2.24, 2.45) is 0 Å². The van der Waals surface area contributed by atoms with Gasteiger partial charge in [0.25, 0.3) is 0 Å². The summed E-state index contributed by atoms with van der Waals surface area (Å²) >= 11 is 0. The highest BCUT2D eigenvalue weighted by atomic mass is 14.9. The molecule has 0 aromatic carbocycles. The van der Waals surface area contributed by atoms with Gasteiger partial charge >= 0.3 is 0 Å². The molecule has 1 aromatic rings. The Morgan fingerprint density at radius 1 is 1.36 bits per heavy atom. The Hall–Kier alpha value is -0.890. The number of hydrogen-bond donors (Lipinski definition) is 1. The van der Waals surface area contributed by atoms with Crippen molar-refractivity contribution < 1.29 is 0 Å². The summed E-state index contributed by atoms with van der Waals surface area (Å²) < 4.78 is 0. The second-order valence-electron chi connectivity index (χ2n) is 4.96. The zero-order valence-electron chi connectivity index (χ0n) is 9.22. The van der Waals surface area contributed by atoms with Gasteiger partial charge in [0.15, 0.2) is 0 Å². The van der Waals surface area contributed by atoms with Crippen molar-refractivity contribution in [3.63, 3.8) is 0 Å². The first-order valence-electron chi connectivity index (χ1n) is 5.27. The van der Waals surface area contributed by atoms with Gasteiger partial charge in [-0.1, -0.05) is 20.8 Å². The smallest absolute Gasteiger partial charge is 0.0464 e. The molecule has 2 heterocycles. The first kappa shape index (κ1) is 9.66. The molecule has 0 bridgehead atoms. The summed E-state index contributed by atoms with van der Waals surface area (Å²) in [7, 11) is 0. The second-order valence-corrected chi connectivity index (χ2v) is 4.96. The highest BCUT2D eigenvalue weighted by Gasteiger charge is 2.21. The van der Waals surface area contributed by atoms with E-state index in [-0.39, 0.29) is 5.41 Å². The van der Waals surface area contributed by atoms with Crippen molar-refractivity contribution in [3.8, 4) is 0 Å².